The summed E-state index contributed by atoms with van der Waals surface area (Å²) in [6.07, 6.45) is 10.3. The van der Waals surface area contributed by atoms with E-state index in [0.717, 1.165) is 49.9 Å². The number of rotatable bonds is 7. The molecule has 1 saturated heterocycles. The lowest BCUT2D eigenvalue weighted by atomic mass is 9.87. The fraction of sp³-hybridized carbons (Fsp3) is 0.361. The predicted molar refractivity (Wildman–Crippen MR) is 189 cm³/mol. The molecule has 1 fully saturated rings. The summed E-state index contributed by atoms with van der Waals surface area (Å²) >= 11 is 0. The Labute approximate surface area is 262 Å². The fourth-order valence-electron chi connectivity index (χ4n) is 4.69. The van der Waals surface area contributed by atoms with E-state index in [9.17, 15) is 8.78 Å². The molecular formula is C36H56F2N4O. The number of hydrogen-bond donors (Lipinski definition) is 4. The maximum atomic E-state index is 14.9. The highest BCUT2D eigenvalue weighted by molar-refractivity contribution is 6.18. The Hall–Kier alpha value is -3.81. The quantitative estimate of drug-likeness (QED) is 0.257. The van der Waals surface area contributed by atoms with Crippen LogP contribution < -0.4 is 16.0 Å². The fourth-order valence-corrected chi connectivity index (χ4v) is 4.69. The van der Waals surface area contributed by atoms with Crippen LogP contribution in [-0.2, 0) is 0 Å². The molecule has 0 radical (unpaired) electrons. The van der Waals surface area contributed by atoms with Crippen molar-refractivity contribution in [3.8, 4) is 0 Å². The molecule has 1 aliphatic heterocycles. The number of anilines is 1. The maximum absolute atomic E-state index is 14.9. The molecule has 2 aliphatic rings. The molecule has 0 saturated carbocycles. The first-order valence-corrected chi connectivity index (χ1v) is 15.0. The van der Waals surface area contributed by atoms with E-state index in [1.54, 1.807) is 13.1 Å². The molecule has 4 N–H and O–H groups in total. The van der Waals surface area contributed by atoms with Gasteiger partial charge >= 0.3 is 0 Å². The number of aliphatic imine (C=N–C) groups is 1. The lowest BCUT2D eigenvalue weighted by molar-refractivity contribution is 0.399. The molecule has 0 spiro atoms. The van der Waals surface area contributed by atoms with Gasteiger partial charge in [0.25, 0.3) is 0 Å². The largest absolute Gasteiger partial charge is 0.400 e. The van der Waals surface area contributed by atoms with Gasteiger partial charge in [-0.2, -0.15) is 0 Å². The van der Waals surface area contributed by atoms with Crippen molar-refractivity contribution in [3.63, 3.8) is 0 Å². The first-order chi connectivity index (χ1) is 20.8. The number of nitrogens with zero attached hydrogens (tertiary/aromatic N) is 1. The van der Waals surface area contributed by atoms with Crippen molar-refractivity contribution in [3.05, 3.63) is 113 Å². The number of benzene rings is 2. The van der Waals surface area contributed by atoms with Crippen LogP contribution in [0.5, 0.6) is 0 Å². The van der Waals surface area contributed by atoms with E-state index < -0.39 is 11.6 Å². The average Bonchev–Trinajstić information content (AvgIpc) is 3.04. The molecule has 7 heteroatoms. The summed E-state index contributed by atoms with van der Waals surface area (Å²) in [6, 6.07) is 11.2. The van der Waals surface area contributed by atoms with Crippen molar-refractivity contribution in [2.75, 3.05) is 32.6 Å². The third kappa shape index (κ3) is 10.8. The second-order valence-electron chi connectivity index (χ2n) is 9.56. The first-order valence-electron chi connectivity index (χ1n) is 15.0. The van der Waals surface area contributed by atoms with Crippen LogP contribution in [0.25, 0.3) is 11.6 Å². The van der Waals surface area contributed by atoms with Crippen molar-refractivity contribution < 1.29 is 18.2 Å². The molecule has 240 valence electrons. The van der Waals surface area contributed by atoms with E-state index in [1.165, 1.54) is 23.3 Å². The average molecular weight is 599 g/mol. The van der Waals surface area contributed by atoms with Crippen LogP contribution in [0.4, 0.5) is 14.5 Å². The van der Waals surface area contributed by atoms with E-state index in [0.29, 0.717) is 23.9 Å². The minimum atomic E-state index is -0.595. The standard InChI is InChI=1S/C24H30F2N4.C9H10.C2H6.CH4O.3H2/c1-5-16-12-18(22-20(25)9-10-21(27-4)23(22)26)13-17(6-2)24(16)30-15(3)29-19-8-7-11-28-14-19;1-3-9-7-5-4-6-8(9)2;2*1-2;;;/h5,9-10,12-13,19,27-29H,3,6-8,11,14H2,1-2,4H3;3-7H,1H2,2H3;1-2H3;2H,1H3;3*1H/b16-5-,30-24+;;;;;;. The van der Waals surface area contributed by atoms with Gasteiger partial charge in [-0.15, -0.1) is 0 Å². The number of halogens is 2. The Balaban J connectivity index is -0.000000984. The highest BCUT2D eigenvalue weighted by atomic mass is 19.1. The minimum absolute atomic E-state index is 0. The second kappa shape index (κ2) is 20.2. The zero-order valence-corrected chi connectivity index (χ0v) is 27.0. The maximum Gasteiger partial charge on any atom is 0.157 e. The van der Waals surface area contributed by atoms with Crippen LogP contribution in [-0.4, -0.2) is 44.1 Å². The van der Waals surface area contributed by atoms with Crippen molar-refractivity contribution in [1.82, 2.24) is 10.6 Å². The molecule has 1 aliphatic carbocycles. The Kier molecular flexibility index (Phi) is 17.4. The number of aliphatic hydroxyl groups excluding tert-OH is 1. The van der Waals surface area contributed by atoms with E-state index in [-0.39, 0.29) is 15.5 Å². The van der Waals surface area contributed by atoms with Gasteiger partial charge in [0.15, 0.2) is 5.82 Å². The highest BCUT2D eigenvalue weighted by Crippen LogP contribution is 2.34. The van der Waals surface area contributed by atoms with Gasteiger partial charge in [0.1, 0.15) is 11.6 Å². The Morgan fingerprint density at radius 2 is 1.86 bits per heavy atom. The monoisotopic (exact) mass is 598 g/mol. The summed E-state index contributed by atoms with van der Waals surface area (Å²) in [5, 5.41) is 16.5. The molecule has 2 aromatic rings. The molecular weight excluding hydrogens is 542 g/mol. The number of piperidine rings is 1. The summed E-state index contributed by atoms with van der Waals surface area (Å²) in [7, 11) is 2.62. The zero-order valence-electron chi connectivity index (χ0n) is 27.0. The minimum Gasteiger partial charge on any atom is -0.400 e. The van der Waals surface area contributed by atoms with Crippen molar-refractivity contribution in [2.24, 2.45) is 4.99 Å². The molecule has 0 amide bonds. The summed E-state index contributed by atoms with van der Waals surface area (Å²) in [5.74, 6) is -0.581. The molecule has 4 rings (SSSR count). The molecule has 2 aromatic carbocycles. The second-order valence-corrected chi connectivity index (χ2v) is 9.56. The normalized spacial score (nSPS) is 17.5. The molecule has 1 unspecified atom stereocenters. The van der Waals surface area contributed by atoms with Crippen LogP contribution in [0.15, 0.2) is 89.7 Å². The Morgan fingerprint density at radius 1 is 1.16 bits per heavy atom. The van der Waals surface area contributed by atoms with Crippen LogP contribution >= 0.6 is 0 Å². The predicted octanol–water partition coefficient (Wildman–Crippen LogP) is 8.95. The SMILES string of the molecule is C=C(/N=C1/C(CC)=CC(c2c(F)ccc(NC)c2F)=C/C1=C/C)NC1CCCNC1.C=Cc1ccccc1C.CC.CO.[HH].[HH].[HH]. The lowest BCUT2D eigenvalue weighted by Crippen LogP contribution is -2.42. The van der Waals surface area contributed by atoms with Gasteiger partial charge in [0, 0.05) is 31.0 Å². The van der Waals surface area contributed by atoms with Crippen molar-refractivity contribution in [2.45, 2.75) is 59.9 Å². The van der Waals surface area contributed by atoms with Gasteiger partial charge in [-0.25, -0.2) is 13.8 Å². The number of nitrogens with one attached hydrogen (secondary N) is 3. The number of hydrogen-bond acceptors (Lipinski definition) is 5. The van der Waals surface area contributed by atoms with Gasteiger partial charge in [0.05, 0.1) is 17.0 Å². The van der Waals surface area contributed by atoms with Crippen molar-refractivity contribution in [1.29, 1.82) is 0 Å². The number of allylic oxidation sites excluding steroid dienone is 6. The van der Waals surface area contributed by atoms with Gasteiger partial charge in [-0.3, -0.25) is 0 Å². The highest BCUT2D eigenvalue weighted by Gasteiger charge is 2.23. The summed E-state index contributed by atoms with van der Waals surface area (Å²) < 4.78 is 29.5. The summed E-state index contributed by atoms with van der Waals surface area (Å²) in [6.45, 7) is 19.7. The number of aliphatic hydroxyl groups is 1. The molecule has 0 bridgehead atoms. The van der Waals surface area contributed by atoms with Gasteiger partial charge in [-0.1, -0.05) is 70.3 Å². The Morgan fingerprint density at radius 3 is 2.40 bits per heavy atom. The van der Waals surface area contributed by atoms with E-state index >= 15 is 0 Å². The van der Waals surface area contributed by atoms with Crippen LogP contribution in [0.3, 0.4) is 0 Å². The summed E-state index contributed by atoms with van der Waals surface area (Å²) in [5.41, 5.74) is 5.76. The molecule has 5 nitrogen and oxygen atoms in total. The van der Waals surface area contributed by atoms with E-state index in [2.05, 4.69) is 48.2 Å². The Bertz CT molecular complexity index is 1330. The number of aryl methyl sites for hydroxylation is 1. The van der Waals surface area contributed by atoms with E-state index in [4.69, 9.17) is 10.1 Å². The molecule has 1 heterocycles. The smallest absolute Gasteiger partial charge is 0.157 e. The molecule has 43 heavy (non-hydrogen) atoms. The van der Waals surface area contributed by atoms with Gasteiger partial charge < -0.3 is 21.1 Å². The van der Waals surface area contributed by atoms with Crippen LogP contribution in [0.2, 0.25) is 0 Å². The molecule has 0 aromatic heterocycles. The summed E-state index contributed by atoms with van der Waals surface area (Å²) in [4.78, 5) is 4.74. The third-order valence-corrected chi connectivity index (χ3v) is 6.88. The molecule has 1 atom stereocenters. The van der Waals surface area contributed by atoms with Crippen LogP contribution in [0, 0.1) is 18.6 Å². The van der Waals surface area contributed by atoms with Gasteiger partial charge in [-0.05, 0) is 91.8 Å². The topological polar surface area (TPSA) is 68.7 Å². The lowest BCUT2D eigenvalue weighted by Gasteiger charge is -2.25. The van der Waals surface area contributed by atoms with Crippen LogP contribution in [0.1, 0.15) is 67.9 Å². The zero-order chi connectivity index (χ0) is 32.4. The van der Waals surface area contributed by atoms with E-state index in [1.807, 2.05) is 58.1 Å². The third-order valence-electron chi connectivity index (χ3n) is 6.88. The van der Waals surface area contributed by atoms with Crippen molar-refractivity contribution >= 4 is 23.0 Å². The van der Waals surface area contributed by atoms with Gasteiger partial charge in [0.2, 0.25) is 0 Å². The first kappa shape index (κ1) is 37.2.